The van der Waals surface area contributed by atoms with E-state index >= 15 is 0 Å². The molecule has 2 aromatic rings. The SMILES string of the molecule is CN1C=NC(C)(c2ccccc2)c2ccccc21. The fourth-order valence-corrected chi connectivity index (χ4v) is 2.52. The molecule has 0 spiro atoms. The molecule has 18 heavy (non-hydrogen) atoms. The van der Waals surface area contributed by atoms with E-state index in [1.165, 1.54) is 16.8 Å². The summed E-state index contributed by atoms with van der Waals surface area (Å²) in [5.41, 5.74) is 3.41. The number of fused-ring (bicyclic) bond motifs is 1. The molecule has 0 fully saturated rings. The van der Waals surface area contributed by atoms with Gasteiger partial charge in [0, 0.05) is 18.3 Å². The van der Waals surface area contributed by atoms with Crippen LogP contribution in [0.15, 0.2) is 59.6 Å². The molecule has 2 aromatic carbocycles. The molecule has 2 heteroatoms. The van der Waals surface area contributed by atoms with Gasteiger partial charge in [0.15, 0.2) is 0 Å². The number of rotatable bonds is 1. The van der Waals surface area contributed by atoms with Crippen LogP contribution in [-0.2, 0) is 5.54 Å². The summed E-state index contributed by atoms with van der Waals surface area (Å²) in [5, 5.41) is 0. The molecule has 0 saturated carbocycles. The molecule has 0 N–H and O–H groups in total. The Balaban J connectivity index is 2.22. The van der Waals surface area contributed by atoms with Crippen molar-refractivity contribution >= 4 is 12.0 Å². The molecule has 1 unspecified atom stereocenters. The van der Waals surface area contributed by atoms with Gasteiger partial charge >= 0.3 is 0 Å². The monoisotopic (exact) mass is 236 g/mol. The van der Waals surface area contributed by atoms with Crippen molar-refractivity contribution < 1.29 is 0 Å². The average molecular weight is 236 g/mol. The van der Waals surface area contributed by atoms with Crippen molar-refractivity contribution in [2.45, 2.75) is 12.5 Å². The van der Waals surface area contributed by atoms with Gasteiger partial charge in [-0.3, -0.25) is 4.99 Å². The molecule has 0 aliphatic carbocycles. The fourth-order valence-electron chi connectivity index (χ4n) is 2.52. The minimum atomic E-state index is -0.287. The maximum absolute atomic E-state index is 4.75. The Morgan fingerprint density at radius 3 is 2.39 bits per heavy atom. The zero-order valence-electron chi connectivity index (χ0n) is 10.7. The number of hydrogen-bond acceptors (Lipinski definition) is 2. The van der Waals surface area contributed by atoms with Crippen LogP contribution in [-0.4, -0.2) is 13.4 Å². The van der Waals surface area contributed by atoms with Gasteiger partial charge in [-0.15, -0.1) is 0 Å². The molecule has 0 aromatic heterocycles. The van der Waals surface area contributed by atoms with Crippen LogP contribution in [0, 0.1) is 0 Å². The lowest BCUT2D eigenvalue weighted by Gasteiger charge is -2.35. The van der Waals surface area contributed by atoms with E-state index in [0.717, 1.165) is 0 Å². The number of benzene rings is 2. The molecule has 90 valence electrons. The Hall–Kier alpha value is -2.09. The predicted molar refractivity (Wildman–Crippen MR) is 76.2 cm³/mol. The Kier molecular flexibility index (Phi) is 2.44. The van der Waals surface area contributed by atoms with Gasteiger partial charge in [-0.25, -0.2) is 0 Å². The lowest BCUT2D eigenvalue weighted by molar-refractivity contribution is 0.601. The Morgan fingerprint density at radius 2 is 1.61 bits per heavy atom. The van der Waals surface area contributed by atoms with Gasteiger partial charge in [0.2, 0.25) is 0 Å². The topological polar surface area (TPSA) is 15.6 Å². The van der Waals surface area contributed by atoms with Crippen LogP contribution in [0.2, 0.25) is 0 Å². The van der Waals surface area contributed by atoms with Crippen LogP contribution in [0.4, 0.5) is 5.69 Å². The fraction of sp³-hybridized carbons (Fsp3) is 0.188. The van der Waals surface area contributed by atoms with Gasteiger partial charge < -0.3 is 4.90 Å². The van der Waals surface area contributed by atoms with Crippen LogP contribution in [0.25, 0.3) is 0 Å². The van der Waals surface area contributed by atoms with Crippen LogP contribution >= 0.6 is 0 Å². The Labute approximate surface area is 108 Å². The zero-order valence-corrected chi connectivity index (χ0v) is 10.7. The summed E-state index contributed by atoms with van der Waals surface area (Å²) < 4.78 is 0. The molecule has 3 rings (SSSR count). The second kappa shape index (κ2) is 3.98. The molecule has 1 aliphatic heterocycles. The molecular formula is C16H16N2. The van der Waals surface area contributed by atoms with E-state index in [0.29, 0.717) is 0 Å². The number of nitrogens with zero attached hydrogens (tertiary/aromatic N) is 2. The maximum Gasteiger partial charge on any atom is 0.111 e. The summed E-state index contributed by atoms with van der Waals surface area (Å²) >= 11 is 0. The summed E-state index contributed by atoms with van der Waals surface area (Å²) in [6.07, 6.45) is 1.91. The van der Waals surface area contributed by atoms with Crippen molar-refractivity contribution in [3.63, 3.8) is 0 Å². The molecular weight excluding hydrogens is 220 g/mol. The predicted octanol–water partition coefficient (Wildman–Crippen LogP) is 3.43. The van der Waals surface area contributed by atoms with Crippen molar-refractivity contribution in [3.05, 3.63) is 65.7 Å². The van der Waals surface area contributed by atoms with Crippen LogP contribution in [0.1, 0.15) is 18.1 Å². The van der Waals surface area contributed by atoms with E-state index in [4.69, 9.17) is 4.99 Å². The van der Waals surface area contributed by atoms with Crippen molar-refractivity contribution in [1.82, 2.24) is 0 Å². The molecule has 1 aliphatic rings. The van der Waals surface area contributed by atoms with Crippen LogP contribution in [0.5, 0.6) is 0 Å². The molecule has 1 atom stereocenters. The van der Waals surface area contributed by atoms with Crippen LogP contribution < -0.4 is 4.90 Å². The number of hydrogen-bond donors (Lipinski definition) is 0. The molecule has 0 radical (unpaired) electrons. The number of para-hydroxylation sites is 1. The van der Waals surface area contributed by atoms with Gasteiger partial charge in [0.05, 0.1) is 6.34 Å². The van der Waals surface area contributed by atoms with E-state index < -0.39 is 0 Å². The highest BCUT2D eigenvalue weighted by Gasteiger charge is 2.33. The van der Waals surface area contributed by atoms with E-state index in [-0.39, 0.29) is 5.54 Å². The molecule has 0 bridgehead atoms. The first kappa shape index (κ1) is 11.0. The number of aliphatic imine (C=N–C) groups is 1. The van der Waals surface area contributed by atoms with E-state index in [1.54, 1.807) is 0 Å². The third-order valence-corrected chi connectivity index (χ3v) is 3.63. The highest BCUT2D eigenvalue weighted by molar-refractivity contribution is 5.84. The van der Waals surface area contributed by atoms with Gasteiger partial charge in [0.1, 0.15) is 5.54 Å². The first-order valence-corrected chi connectivity index (χ1v) is 6.15. The second-order valence-electron chi connectivity index (χ2n) is 4.81. The Morgan fingerprint density at radius 1 is 0.944 bits per heavy atom. The third kappa shape index (κ3) is 1.53. The summed E-state index contributed by atoms with van der Waals surface area (Å²) in [4.78, 5) is 6.82. The van der Waals surface area contributed by atoms with Gasteiger partial charge in [-0.05, 0) is 18.6 Å². The Bertz CT molecular complexity index is 589. The normalized spacial score (nSPS) is 21.8. The molecule has 2 nitrogen and oxygen atoms in total. The van der Waals surface area contributed by atoms with E-state index in [2.05, 4.69) is 60.4 Å². The summed E-state index contributed by atoms with van der Waals surface area (Å²) in [6.45, 7) is 2.17. The van der Waals surface area contributed by atoms with Gasteiger partial charge in [-0.2, -0.15) is 0 Å². The average Bonchev–Trinajstić information content (AvgIpc) is 2.44. The highest BCUT2D eigenvalue weighted by Crippen LogP contribution is 2.40. The second-order valence-corrected chi connectivity index (χ2v) is 4.81. The van der Waals surface area contributed by atoms with Crippen LogP contribution in [0.3, 0.4) is 0 Å². The molecule has 0 saturated heterocycles. The minimum absolute atomic E-state index is 0.287. The first-order valence-electron chi connectivity index (χ1n) is 6.15. The highest BCUT2D eigenvalue weighted by atomic mass is 15.2. The van der Waals surface area contributed by atoms with E-state index in [1.807, 2.05) is 19.5 Å². The van der Waals surface area contributed by atoms with Crippen molar-refractivity contribution in [3.8, 4) is 0 Å². The molecule has 0 amide bonds. The smallest absolute Gasteiger partial charge is 0.111 e. The quantitative estimate of drug-likeness (QED) is 0.740. The van der Waals surface area contributed by atoms with Crippen molar-refractivity contribution in [1.29, 1.82) is 0 Å². The van der Waals surface area contributed by atoms with Gasteiger partial charge in [-0.1, -0.05) is 48.5 Å². The maximum atomic E-state index is 4.75. The minimum Gasteiger partial charge on any atom is -0.336 e. The number of anilines is 1. The summed E-state index contributed by atoms with van der Waals surface area (Å²) in [5.74, 6) is 0. The third-order valence-electron chi connectivity index (χ3n) is 3.63. The summed E-state index contributed by atoms with van der Waals surface area (Å²) in [7, 11) is 2.03. The van der Waals surface area contributed by atoms with Crippen molar-refractivity contribution in [2.24, 2.45) is 4.99 Å². The lowest BCUT2D eigenvalue weighted by atomic mass is 9.83. The molecule has 1 heterocycles. The summed E-state index contributed by atoms with van der Waals surface area (Å²) in [6, 6.07) is 18.9. The largest absolute Gasteiger partial charge is 0.336 e. The standard InChI is InChI=1S/C16H16N2/c1-16(13-8-4-3-5-9-13)14-10-6-7-11-15(14)18(2)12-17-16/h3-12H,1-2H3. The van der Waals surface area contributed by atoms with E-state index in [9.17, 15) is 0 Å². The zero-order chi connectivity index (χ0) is 12.6. The van der Waals surface area contributed by atoms with Crippen molar-refractivity contribution in [2.75, 3.05) is 11.9 Å². The first-order chi connectivity index (χ1) is 8.72. The van der Waals surface area contributed by atoms with Gasteiger partial charge in [0.25, 0.3) is 0 Å². The lowest BCUT2D eigenvalue weighted by Crippen LogP contribution is -2.32.